The molecule has 0 aliphatic rings. The number of amides is 2. The predicted molar refractivity (Wildman–Crippen MR) is 139 cm³/mol. The summed E-state index contributed by atoms with van der Waals surface area (Å²) in [6.45, 7) is 5.71. The lowest BCUT2D eigenvalue weighted by molar-refractivity contribution is -0.140. The number of ether oxygens (including phenoxy) is 1. The van der Waals surface area contributed by atoms with Crippen LogP contribution in [0.2, 0.25) is 5.02 Å². The molecule has 2 aromatic rings. The average Bonchev–Trinajstić information content (AvgIpc) is 2.78. The van der Waals surface area contributed by atoms with Gasteiger partial charge in [0.25, 0.3) is 0 Å². The molecule has 2 aromatic carbocycles. The summed E-state index contributed by atoms with van der Waals surface area (Å²) >= 11 is 6.03. The van der Waals surface area contributed by atoms with Crippen molar-refractivity contribution in [1.29, 1.82) is 0 Å². The van der Waals surface area contributed by atoms with E-state index in [-0.39, 0.29) is 43.8 Å². The minimum absolute atomic E-state index is 0.0653. The van der Waals surface area contributed by atoms with E-state index in [2.05, 4.69) is 5.32 Å². The first-order valence-electron chi connectivity index (χ1n) is 11.4. The van der Waals surface area contributed by atoms with Crippen LogP contribution in [-0.2, 0) is 26.2 Å². The van der Waals surface area contributed by atoms with E-state index in [0.29, 0.717) is 16.5 Å². The third-order valence-electron chi connectivity index (χ3n) is 5.33. The number of carbonyl (C=O) groups excluding carboxylic acids is 2. The minimum Gasteiger partial charge on any atom is -0.497 e. The Kier molecular flexibility index (Phi) is 10.4. The second-order valence-corrected chi connectivity index (χ2v) is 11.0. The Labute approximate surface area is 213 Å². The molecule has 2 amide bonds. The first-order chi connectivity index (χ1) is 16.4. The summed E-state index contributed by atoms with van der Waals surface area (Å²) in [6, 6.07) is 13.1. The van der Waals surface area contributed by atoms with Crippen LogP contribution in [0.1, 0.15) is 39.2 Å². The normalized spacial score (nSPS) is 12.2. The highest BCUT2D eigenvalue weighted by atomic mass is 35.5. The molecule has 192 valence electrons. The Balaban J connectivity index is 2.19. The van der Waals surface area contributed by atoms with Crippen molar-refractivity contribution < 1.29 is 22.7 Å². The third-order valence-corrected chi connectivity index (χ3v) is 6.76. The van der Waals surface area contributed by atoms with Gasteiger partial charge in [-0.25, -0.2) is 8.42 Å². The molecule has 0 aliphatic carbocycles. The molecule has 0 saturated heterocycles. The van der Waals surface area contributed by atoms with Crippen LogP contribution < -0.4 is 14.4 Å². The van der Waals surface area contributed by atoms with Crippen LogP contribution in [0.5, 0.6) is 5.75 Å². The average molecular weight is 524 g/mol. The van der Waals surface area contributed by atoms with Crippen LogP contribution in [0.25, 0.3) is 0 Å². The second-order valence-electron chi connectivity index (χ2n) is 8.63. The summed E-state index contributed by atoms with van der Waals surface area (Å²) in [6.07, 6.45) is 1.45. The number of sulfonamides is 1. The molecule has 2 rings (SSSR count). The number of nitrogens with zero attached hydrogens (tertiary/aromatic N) is 2. The molecule has 1 atom stereocenters. The lowest BCUT2D eigenvalue weighted by Crippen LogP contribution is -2.49. The first kappa shape index (κ1) is 28.5. The highest BCUT2D eigenvalue weighted by Gasteiger charge is 2.27. The number of carbonyl (C=O) groups is 2. The number of anilines is 1. The number of methoxy groups -OCH3 is 1. The summed E-state index contributed by atoms with van der Waals surface area (Å²) < 4.78 is 31.3. The smallest absolute Gasteiger partial charge is 0.242 e. The molecule has 8 nitrogen and oxygen atoms in total. The van der Waals surface area contributed by atoms with Crippen molar-refractivity contribution in [2.45, 2.75) is 52.2 Å². The van der Waals surface area contributed by atoms with Crippen molar-refractivity contribution in [2.24, 2.45) is 0 Å². The van der Waals surface area contributed by atoms with Crippen LogP contribution in [-0.4, -0.2) is 57.1 Å². The summed E-state index contributed by atoms with van der Waals surface area (Å²) in [5.41, 5.74) is 1.25. The monoisotopic (exact) mass is 523 g/mol. The number of halogens is 1. The Bertz CT molecular complexity index is 1120. The molecular formula is C25H34ClN3O5S. The molecule has 35 heavy (non-hydrogen) atoms. The topological polar surface area (TPSA) is 96.0 Å². The van der Waals surface area contributed by atoms with Gasteiger partial charge in [0.05, 0.1) is 19.1 Å². The van der Waals surface area contributed by atoms with Gasteiger partial charge in [0, 0.05) is 30.6 Å². The first-order valence-corrected chi connectivity index (χ1v) is 13.6. The molecule has 0 fully saturated rings. The summed E-state index contributed by atoms with van der Waals surface area (Å²) in [5.74, 6) is 0.145. The van der Waals surface area contributed by atoms with Gasteiger partial charge in [-0.15, -0.1) is 0 Å². The SMILES string of the molecule is COc1cccc(CN(C(=O)CCCN(c2cccc(Cl)c2)S(C)(=O)=O)[C@H](C)C(=O)NC(C)C)c1. The molecule has 0 saturated carbocycles. The summed E-state index contributed by atoms with van der Waals surface area (Å²) in [4.78, 5) is 27.5. The maximum Gasteiger partial charge on any atom is 0.242 e. The van der Waals surface area contributed by atoms with Gasteiger partial charge >= 0.3 is 0 Å². The van der Waals surface area contributed by atoms with Gasteiger partial charge in [0.15, 0.2) is 0 Å². The third kappa shape index (κ3) is 8.74. The van der Waals surface area contributed by atoms with Gasteiger partial charge in [-0.1, -0.05) is 29.8 Å². The van der Waals surface area contributed by atoms with E-state index in [1.807, 2.05) is 32.0 Å². The van der Waals surface area contributed by atoms with Crippen molar-refractivity contribution >= 4 is 39.1 Å². The zero-order chi connectivity index (χ0) is 26.2. The molecule has 0 bridgehead atoms. The molecule has 0 unspecified atom stereocenters. The molecule has 0 radical (unpaired) electrons. The highest BCUT2D eigenvalue weighted by molar-refractivity contribution is 7.92. The van der Waals surface area contributed by atoms with Gasteiger partial charge in [-0.3, -0.25) is 13.9 Å². The predicted octanol–water partition coefficient (Wildman–Crippen LogP) is 3.84. The molecule has 0 spiro atoms. The Morgan fingerprint density at radius 3 is 2.37 bits per heavy atom. The van der Waals surface area contributed by atoms with Crippen LogP contribution in [0.15, 0.2) is 48.5 Å². The minimum atomic E-state index is -3.58. The van der Waals surface area contributed by atoms with Crippen molar-refractivity contribution in [3.05, 3.63) is 59.1 Å². The zero-order valence-corrected chi connectivity index (χ0v) is 22.4. The largest absolute Gasteiger partial charge is 0.497 e. The Hall–Kier alpha value is -2.78. The van der Waals surface area contributed by atoms with Crippen LogP contribution >= 0.6 is 11.6 Å². The second kappa shape index (κ2) is 12.8. The lowest BCUT2D eigenvalue weighted by atomic mass is 10.1. The Morgan fingerprint density at radius 1 is 1.09 bits per heavy atom. The quantitative estimate of drug-likeness (QED) is 0.456. The summed E-state index contributed by atoms with van der Waals surface area (Å²) in [7, 11) is -2.02. The van der Waals surface area contributed by atoms with E-state index in [1.165, 1.54) is 9.21 Å². The standard InChI is InChI=1S/C25H34ClN3O5S/c1-18(2)27-25(31)19(3)28(17-20-9-6-12-23(15-20)34-4)24(30)13-8-14-29(35(5,32)33)22-11-7-10-21(26)16-22/h6-7,9-12,15-16,18-19H,8,13-14,17H2,1-5H3,(H,27,31)/t19-/m1/s1. The van der Waals surface area contributed by atoms with Crippen LogP contribution in [0.3, 0.4) is 0 Å². The Morgan fingerprint density at radius 2 is 1.77 bits per heavy atom. The molecule has 0 aromatic heterocycles. The fraction of sp³-hybridized carbons (Fsp3) is 0.440. The maximum absolute atomic E-state index is 13.3. The van der Waals surface area contributed by atoms with E-state index in [0.717, 1.165) is 11.8 Å². The fourth-order valence-corrected chi connectivity index (χ4v) is 4.73. The van der Waals surface area contributed by atoms with Crippen LogP contribution in [0, 0.1) is 0 Å². The van der Waals surface area contributed by atoms with Crippen molar-refractivity contribution in [3.63, 3.8) is 0 Å². The number of nitrogens with one attached hydrogen (secondary N) is 1. The number of rotatable bonds is 12. The van der Waals surface area contributed by atoms with E-state index in [9.17, 15) is 18.0 Å². The number of hydrogen-bond donors (Lipinski definition) is 1. The lowest BCUT2D eigenvalue weighted by Gasteiger charge is -2.30. The van der Waals surface area contributed by atoms with Crippen LogP contribution in [0.4, 0.5) is 5.69 Å². The van der Waals surface area contributed by atoms with Gasteiger partial charge in [-0.2, -0.15) is 0 Å². The van der Waals surface area contributed by atoms with Gasteiger partial charge in [0.1, 0.15) is 11.8 Å². The molecule has 0 heterocycles. The summed E-state index contributed by atoms with van der Waals surface area (Å²) in [5, 5.41) is 3.27. The van der Waals surface area contributed by atoms with E-state index in [1.54, 1.807) is 44.4 Å². The van der Waals surface area contributed by atoms with Gasteiger partial charge in [-0.05, 0) is 63.1 Å². The molecule has 0 aliphatic heterocycles. The van der Waals surface area contributed by atoms with E-state index < -0.39 is 16.1 Å². The zero-order valence-electron chi connectivity index (χ0n) is 20.8. The van der Waals surface area contributed by atoms with Crippen molar-refractivity contribution in [3.8, 4) is 5.75 Å². The highest BCUT2D eigenvalue weighted by Crippen LogP contribution is 2.23. The van der Waals surface area contributed by atoms with Gasteiger partial charge < -0.3 is 15.0 Å². The maximum atomic E-state index is 13.3. The number of hydrogen-bond acceptors (Lipinski definition) is 5. The fourth-order valence-electron chi connectivity index (χ4n) is 3.59. The number of benzene rings is 2. The van der Waals surface area contributed by atoms with Crippen molar-refractivity contribution in [1.82, 2.24) is 10.2 Å². The molecular weight excluding hydrogens is 490 g/mol. The van der Waals surface area contributed by atoms with Crippen molar-refractivity contribution in [2.75, 3.05) is 24.2 Å². The molecule has 1 N–H and O–H groups in total. The molecule has 10 heteroatoms. The van der Waals surface area contributed by atoms with Gasteiger partial charge in [0.2, 0.25) is 21.8 Å². The van der Waals surface area contributed by atoms with E-state index in [4.69, 9.17) is 16.3 Å². The van der Waals surface area contributed by atoms with E-state index >= 15 is 0 Å².